The van der Waals surface area contributed by atoms with Crippen molar-refractivity contribution in [1.29, 1.82) is 0 Å². The van der Waals surface area contributed by atoms with Crippen molar-refractivity contribution in [3.63, 3.8) is 0 Å². The molecule has 1 aliphatic rings. The number of rotatable bonds is 5. The van der Waals surface area contributed by atoms with Gasteiger partial charge in [0.25, 0.3) is 0 Å². The van der Waals surface area contributed by atoms with Gasteiger partial charge in [0.1, 0.15) is 5.82 Å². The number of nitrogens with one attached hydrogen (secondary N) is 1. The Balaban J connectivity index is 1.80. The number of anilines is 2. The predicted molar refractivity (Wildman–Crippen MR) is 75.3 cm³/mol. The molecule has 2 rings (SSSR count). The quantitative estimate of drug-likeness (QED) is 0.807. The standard InChI is InChI=1S/C11H19N5OS/c1-17-10-8-9(14-11(12)15-10)13-2-3-16-4-6-18-7-5-16/h8H,2-7H2,1H3,(H3,12,13,14,15). The average molecular weight is 269 g/mol. The monoisotopic (exact) mass is 269 g/mol. The van der Waals surface area contributed by atoms with E-state index in [0.717, 1.165) is 13.1 Å². The third-order valence-electron chi connectivity index (χ3n) is 2.77. The second-order valence-electron chi connectivity index (χ2n) is 4.03. The number of nitrogens with zero attached hydrogens (tertiary/aromatic N) is 3. The zero-order valence-corrected chi connectivity index (χ0v) is 11.4. The molecule has 6 nitrogen and oxygen atoms in total. The lowest BCUT2D eigenvalue weighted by atomic mass is 10.4. The molecule has 0 bridgehead atoms. The Bertz CT molecular complexity index is 384. The second-order valence-corrected chi connectivity index (χ2v) is 5.26. The van der Waals surface area contributed by atoms with Crippen molar-refractivity contribution in [3.8, 4) is 5.88 Å². The SMILES string of the molecule is COc1cc(NCCN2CCSCC2)nc(N)n1. The van der Waals surface area contributed by atoms with E-state index in [0.29, 0.717) is 11.7 Å². The summed E-state index contributed by atoms with van der Waals surface area (Å²) in [5.74, 6) is 3.89. The molecule has 1 aromatic heterocycles. The van der Waals surface area contributed by atoms with Crippen LogP contribution in [0.4, 0.5) is 11.8 Å². The summed E-state index contributed by atoms with van der Waals surface area (Å²) in [6.45, 7) is 4.21. The normalized spacial score (nSPS) is 16.5. The number of nitrogens with two attached hydrogens (primary N) is 1. The van der Waals surface area contributed by atoms with Gasteiger partial charge < -0.3 is 15.8 Å². The number of aromatic nitrogens is 2. The fourth-order valence-corrected chi connectivity index (χ4v) is 2.78. The Morgan fingerprint density at radius 3 is 2.94 bits per heavy atom. The first kappa shape index (κ1) is 13.2. The molecular weight excluding hydrogens is 250 g/mol. The summed E-state index contributed by atoms with van der Waals surface area (Å²) in [4.78, 5) is 10.5. The minimum absolute atomic E-state index is 0.228. The Morgan fingerprint density at radius 1 is 1.44 bits per heavy atom. The highest BCUT2D eigenvalue weighted by molar-refractivity contribution is 7.99. The van der Waals surface area contributed by atoms with Crippen LogP contribution in [0, 0.1) is 0 Å². The molecule has 0 saturated carbocycles. The van der Waals surface area contributed by atoms with Gasteiger partial charge in [-0.25, -0.2) is 0 Å². The van der Waals surface area contributed by atoms with E-state index in [4.69, 9.17) is 10.5 Å². The molecule has 0 radical (unpaired) electrons. The molecule has 0 aliphatic carbocycles. The maximum atomic E-state index is 5.59. The zero-order chi connectivity index (χ0) is 12.8. The molecule has 1 fully saturated rings. The second kappa shape index (κ2) is 6.65. The Morgan fingerprint density at radius 2 is 2.22 bits per heavy atom. The number of methoxy groups -OCH3 is 1. The minimum atomic E-state index is 0.228. The summed E-state index contributed by atoms with van der Waals surface area (Å²) in [7, 11) is 1.57. The number of thioether (sulfide) groups is 1. The molecule has 3 N–H and O–H groups in total. The number of hydrogen-bond acceptors (Lipinski definition) is 7. The summed E-state index contributed by atoms with van der Waals surface area (Å²) in [5, 5.41) is 3.25. The first-order valence-electron chi connectivity index (χ1n) is 6.00. The molecule has 0 amide bonds. The van der Waals surface area contributed by atoms with Crippen LogP contribution in [0.5, 0.6) is 5.88 Å². The molecule has 0 atom stereocenters. The van der Waals surface area contributed by atoms with Gasteiger partial charge in [0.2, 0.25) is 11.8 Å². The lowest BCUT2D eigenvalue weighted by molar-refractivity contribution is 0.314. The lowest BCUT2D eigenvalue weighted by Gasteiger charge is -2.26. The van der Waals surface area contributed by atoms with Crippen LogP contribution in [0.2, 0.25) is 0 Å². The Kier molecular flexibility index (Phi) is 4.89. The van der Waals surface area contributed by atoms with Crippen LogP contribution in [0.25, 0.3) is 0 Å². The average Bonchev–Trinajstić information content (AvgIpc) is 2.39. The van der Waals surface area contributed by atoms with E-state index >= 15 is 0 Å². The lowest BCUT2D eigenvalue weighted by Crippen LogP contribution is -2.36. The van der Waals surface area contributed by atoms with Crippen molar-refractivity contribution in [1.82, 2.24) is 14.9 Å². The van der Waals surface area contributed by atoms with Crippen molar-refractivity contribution < 1.29 is 4.74 Å². The number of nitrogen functional groups attached to an aromatic ring is 1. The highest BCUT2D eigenvalue weighted by atomic mass is 32.2. The molecule has 0 unspecified atom stereocenters. The van der Waals surface area contributed by atoms with Crippen LogP contribution >= 0.6 is 11.8 Å². The Hall–Kier alpha value is -1.21. The van der Waals surface area contributed by atoms with Gasteiger partial charge in [-0.2, -0.15) is 21.7 Å². The summed E-state index contributed by atoms with van der Waals surface area (Å²) < 4.78 is 5.05. The molecule has 18 heavy (non-hydrogen) atoms. The minimum Gasteiger partial charge on any atom is -0.481 e. The van der Waals surface area contributed by atoms with Gasteiger partial charge in [-0.05, 0) is 0 Å². The summed E-state index contributed by atoms with van der Waals surface area (Å²) >= 11 is 2.02. The molecule has 0 spiro atoms. The molecule has 100 valence electrons. The molecule has 7 heteroatoms. The molecule has 1 saturated heterocycles. The molecule has 1 aromatic rings. The fourth-order valence-electron chi connectivity index (χ4n) is 1.80. The molecular formula is C11H19N5OS. The largest absolute Gasteiger partial charge is 0.481 e. The maximum Gasteiger partial charge on any atom is 0.225 e. The topological polar surface area (TPSA) is 76.3 Å². The van der Waals surface area contributed by atoms with E-state index in [2.05, 4.69) is 20.2 Å². The number of hydrogen-bond donors (Lipinski definition) is 2. The van der Waals surface area contributed by atoms with Gasteiger partial charge in [-0.1, -0.05) is 0 Å². The van der Waals surface area contributed by atoms with E-state index in [1.165, 1.54) is 24.6 Å². The van der Waals surface area contributed by atoms with Gasteiger partial charge >= 0.3 is 0 Å². The highest BCUT2D eigenvalue weighted by Crippen LogP contribution is 2.14. The van der Waals surface area contributed by atoms with Gasteiger partial charge in [0.15, 0.2) is 0 Å². The first-order chi connectivity index (χ1) is 8.78. The third kappa shape index (κ3) is 3.92. The maximum absolute atomic E-state index is 5.59. The van der Waals surface area contributed by atoms with Crippen molar-refractivity contribution in [2.24, 2.45) is 0 Å². The first-order valence-corrected chi connectivity index (χ1v) is 7.16. The van der Waals surface area contributed by atoms with E-state index in [-0.39, 0.29) is 5.95 Å². The van der Waals surface area contributed by atoms with Crippen LogP contribution in [0.1, 0.15) is 0 Å². The molecule has 1 aliphatic heterocycles. The highest BCUT2D eigenvalue weighted by Gasteiger charge is 2.09. The smallest absolute Gasteiger partial charge is 0.225 e. The van der Waals surface area contributed by atoms with Gasteiger partial charge in [-0.3, -0.25) is 4.90 Å². The van der Waals surface area contributed by atoms with Crippen LogP contribution in [0.15, 0.2) is 6.07 Å². The van der Waals surface area contributed by atoms with Crippen LogP contribution in [-0.4, -0.2) is 59.7 Å². The van der Waals surface area contributed by atoms with Crippen molar-refractivity contribution in [3.05, 3.63) is 6.07 Å². The van der Waals surface area contributed by atoms with E-state index in [1.54, 1.807) is 13.2 Å². The van der Waals surface area contributed by atoms with Crippen LogP contribution in [-0.2, 0) is 0 Å². The summed E-state index contributed by atoms with van der Waals surface area (Å²) in [6.07, 6.45) is 0. The van der Waals surface area contributed by atoms with Crippen molar-refractivity contribution in [2.75, 3.05) is 55.8 Å². The Labute approximate surface area is 111 Å². The van der Waals surface area contributed by atoms with Crippen molar-refractivity contribution >= 4 is 23.5 Å². The van der Waals surface area contributed by atoms with Crippen molar-refractivity contribution in [2.45, 2.75) is 0 Å². The van der Waals surface area contributed by atoms with Crippen LogP contribution < -0.4 is 15.8 Å². The summed E-state index contributed by atoms with van der Waals surface area (Å²) in [5.41, 5.74) is 5.59. The van der Waals surface area contributed by atoms with E-state index in [1.807, 2.05) is 11.8 Å². The van der Waals surface area contributed by atoms with Crippen LogP contribution in [0.3, 0.4) is 0 Å². The molecule has 2 heterocycles. The van der Waals surface area contributed by atoms with Gasteiger partial charge in [-0.15, -0.1) is 0 Å². The predicted octanol–water partition coefficient (Wildman–Crippen LogP) is 0.528. The number of ether oxygens (including phenoxy) is 1. The van der Waals surface area contributed by atoms with E-state index < -0.39 is 0 Å². The third-order valence-corrected chi connectivity index (χ3v) is 3.71. The van der Waals surface area contributed by atoms with E-state index in [9.17, 15) is 0 Å². The summed E-state index contributed by atoms with van der Waals surface area (Å²) in [6, 6.07) is 1.75. The molecule has 0 aromatic carbocycles. The fraction of sp³-hybridized carbons (Fsp3) is 0.636. The van der Waals surface area contributed by atoms with Gasteiger partial charge in [0, 0.05) is 43.8 Å². The van der Waals surface area contributed by atoms with Gasteiger partial charge in [0.05, 0.1) is 7.11 Å². The zero-order valence-electron chi connectivity index (χ0n) is 10.6.